The molecule has 3 rings (SSSR count). The molecule has 3 fully saturated rings. The SMILES string of the molecule is CCS(=O)(=O)N1CC2(C[C@H](OCC3CCCC3)CS2)C1. The van der Waals surface area contributed by atoms with Crippen molar-refractivity contribution < 1.29 is 13.2 Å². The van der Waals surface area contributed by atoms with E-state index in [4.69, 9.17) is 4.74 Å². The molecular weight excluding hydrogens is 294 g/mol. The van der Waals surface area contributed by atoms with Crippen molar-refractivity contribution in [3.8, 4) is 0 Å². The Labute approximate surface area is 126 Å². The van der Waals surface area contributed by atoms with Crippen LogP contribution >= 0.6 is 11.8 Å². The Kier molecular flexibility index (Phi) is 4.37. The summed E-state index contributed by atoms with van der Waals surface area (Å²) < 4.78 is 31.4. The van der Waals surface area contributed by atoms with Gasteiger partial charge in [0, 0.05) is 30.2 Å². The molecule has 1 spiro atoms. The molecule has 0 amide bonds. The van der Waals surface area contributed by atoms with Crippen molar-refractivity contribution in [2.24, 2.45) is 5.92 Å². The summed E-state index contributed by atoms with van der Waals surface area (Å²) in [5.41, 5.74) is 0. The van der Waals surface area contributed by atoms with Gasteiger partial charge in [-0.25, -0.2) is 8.42 Å². The van der Waals surface area contributed by atoms with Gasteiger partial charge in [-0.3, -0.25) is 0 Å². The van der Waals surface area contributed by atoms with Crippen molar-refractivity contribution in [1.82, 2.24) is 4.31 Å². The van der Waals surface area contributed by atoms with Gasteiger partial charge < -0.3 is 4.74 Å². The first kappa shape index (κ1) is 15.1. The lowest BCUT2D eigenvalue weighted by atomic mass is 9.95. The van der Waals surface area contributed by atoms with Gasteiger partial charge in [-0.2, -0.15) is 4.31 Å². The normalized spacial score (nSPS) is 30.9. The van der Waals surface area contributed by atoms with E-state index in [1.165, 1.54) is 25.7 Å². The summed E-state index contributed by atoms with van der Waals surface area (Å²) in [6, 6.07) is 0. The number of ether oxygens (including phenoxy) is 1. The van der Waals surface area contributed by atoms with Crippen molar-refractivity contribution in [2.45, 2.75) is 49.9 Å². The monoisotopic (exact) mass is 319 g/mol. The second kappa shape index (κ2) is 5.78. The van der Waals surface area contributed by atoms with Crippen molar-refractivity contribution in [3.63, 3.8) is 0 Å². The fraction of sp³-hybridized carbons (Fsp3) is 1.00. The van der Waals surface area contributed by atoms with Crippen LogP contribution in [0.1, 0.15) is 39.0 Å². The van der Waals surface area contributed by atoms with E-state index in [-0.39, 0.29) is 10.5 Å². The second-order valence-electron chi connectivity index (χ2n) is 6.47. The van der Waals surface area contributed by atoms with Gasteiger partial charge in [0.25, 0.3) is 0 Å². The van der Waals surface area contributed by atoms with Crippen LogP contribution in [0.25, 0.3) is 0 Å². The summed E-state index contributed by atoms with van der Waals surface area (Å²) in [7, 11) is -2.99. The molecule has 0 aromatic rings. The van der Waals surface area contributed by atoms with E-state index in [1.54, 1.807) is 11.2 Å². The zero-order valence-electron chi connectivity index (χ0n) is 12.2. The van der Waals surface area contributed by atoms with Gasteiger partial charge in [0.15, 0.2) is 0 Å². The topological polar surface area (TPSA) is 46.6 Å². The van der Waals surface area contributed by atoms with Gasteiger partial charge in [-0.1, -0.05) is 12.8 Å². The lowest BCUT2D eigenvalue weighted by Gasteiger charge is -2.46. The molecule has 2 saturated heterocycles. The minimum absolute atomic E-state index is 0.155. The fourth-order valence-electron chi connectivity index (χ4n) is 3.55. The van der Waals surface area contributed by atoms with Crippen LogP contribution in [-0.2, 0) is 14.8 Å². The Hall–Kier alpha value is 0.220. The van der Waals surface area contributed by atoms with E-state index >= 15 is 0 Å². The highest BCUT2D eigenvalue weighted by Crippen LogP contribution is 2.47. The standard InChI is InChI=1S/C14H25NO3S2/c1-2-20(16,17)15-10-14(11-15)7-13(9-19-14)18-8-12-5-3-4-6-12/h12-13H,2-11H2,1H3/t13-/m0/s1. The van der Waals surface area contributed by atoms with Crippen LogP contribution in [0.5, 0.6) is 0 Å². The maximum Gasteiger partial charge on any atom is 0.213 e. The number of rotatable bonds is 5. The van der Waals surface area contributed by atoms with E-state index in [0.29, 0.717) is 19.2 Å². The van der Waals surface area contributed by atoms with Crippen molar-refractivity contribution >= 4 is 21.8 Å². The van der Waals surface area contributed by atoms with Crippen molar-refractivity contribution in [1.29, 1.82) is 0 Å². The number of sulfonamides is 1. The average Bonchev–Trinajstić information content (AvgIpc) is 3.03. The molecule has 20 heavy (non-hydrogen) atoms. The van der Waals surface area contributed by atoms with Gasteiger partial charge in [-0.15, -0.1) is 11.8 Å². The third-order valence-corrected chi connectivity index (χ3v) is 8.25. The Balaban J connectivity index is 1.44. The third-order valence-electron chi connectivity index (χ3n) is 4.90. The van der Waals surface area contributed by atoms with Crippen molar-refractivity contribution in [2.75, 3.05) is 31.2 Å². The molecule has 2 heterocycles. The largest absolute Gasteiger partial charge is 0.377 e. The van der Waals surface area contributed by atoms with E-state index in [2.05, 4.69) is 0 Å². The molecule has 6 heteroatoms. The van der Waals surface area contributed by atoms with Crippen LogP contribution in [0.3, 0.4) is 0 Å². The molecule has 3 aliphatic rings. The van der Waals surface area contributed by atoms with Crippen LogP contribution in [0.2, 0.25) is 0 Å². The van der Waals surface area contributed by atoms with E-state index in [1.807, 2.05) is 11.8 Å². The molecule has 0 N–H and O–H groups in total. The summed E-state index contributed by atoms with van der Waals surface area (Å²) in [6.07, 6.45) is 6.75. The fourth-order valence-corrected chi connectivity index (χ4v) is 6.52. The maximum absolute atomic E-state index is 11.8. The number of thioether (sulfide) groups is 1. The minimum Gasteiger partial charge on any atom is -0.377 e. The zero-order valence-corrected chi connectivity index (χ0v) is 13.8. The van der Waals surface area contributed by atoms with Crippen LogP contribution in [-0.4, -0.2) is 54.8 Å². The highest BCUT2D eigenvalue weighted by Gasteiger charge is 2.52. The first-order valence-corrected chi connectivity index (χ1v) is 10.4. The summed E-state index contributed by atoms with van der Waals surface area (Å²) in [5, 5.41) is 0. The molecule has 1 atom stereocenters. The first-order chi connectivity index (χ1) is 9.53. The molecule has 1 aliphatic carbocycles. The summed E-state index contributed by atoms with van der Waals surface area (Å²) in [5.74, 6) is 2.03. The van der Waals surface area contributed by atoms with Gasteiger partial charge >= 0.3 is 0 Å². The quantitative estimate of drug-likeness (QED) is 0.778. The van der Waals surface area contributed by atoms with Crippen LogP contribution in [0, 0.1) is 5.92 Å². The lowest BCUT2D eigenvalue weighted by Crippen LogP contribution is -2.60. The minimum atomic E-state index is -2.99. The predicted molar refractivity (Wildman–Crippen MR) is 82.5 cm³/mol. The maximum atomic E-state index is 11.8. The first-order valence-electron chi connectivity index (χ1n) is 7.76. The molecule has 0 bridgehead atoms. The van der Waals surface area contributed by atoms with E-state index in [0.717, 1.165) is 24.7 Å². The van der Waals surface area contributed by atoms with Crippen LogP contribution < -0.4 is 0 Å². The Morgan fingerprint density at radius 2 is 2.00 bits per heavy atom. The highest BCUT2D eigenvalue weighted by atomic mass is 32.2. The summed E-state index contributed by atoms with van der Waals surface area (Å²) in [4.78, 5) is 0. The average molecular weight is 319 g/mol. The molecule has 2 aliphatic heterocycles. The molecular formula is C14H25NO3S2. The molecule has 1 saturated carbocycles. The van der Waals surface area contributed by atoms with Gasteiger partial charge in [0.1, 0.15) is 0 Å². The molecule has 116 valence electrons. The molecule has 4 nitrogen and oxygen atoms in total. The summed E-state index contributed by atoms with van der Waals surface area (Å²) in [6.45, 7) is 4.02. The van der Waals surface area contributed by atoms with Crippen LogP contribution in [0.4, 0.5) is 0 Å². The van der Waals surface area contributed by atoms with Crippen LogP contribution in [0.15, 0.2) is 0 Å². The lowest BCUT2D eigenvalue weighted by molar-refractivity contribution is 0.0303. The molecule has 0 unspecified atom stereocenters. The molecule has 0 aromatic carbocycles. The Morgan fingerprint density at radius 3 is 2.65 bits per heavy atom. The van der Waals surface area contributed by atoms with E-state index < -0.39 is 10.0 Å². The number of hydrogen-bond donors (Lipinski definition) is 0. The van der Waals surface area contributed by atoms with E-state index in [9.17, 15) is 8.42 Å². The number of nitrogens with zero attached hydrogens (tertiary/aromatic N) is 1. The van der Waals surface area contributed by atoms with Gasteiger partial charge in [0.05, 0.1) is 11.9 Å². The van der Waals surface area contributed by atoms with Crippen molar-refractivity contribution in [3.05, 3.63) is 0 Å². The second-order valence-corrected chi connectivity index (χ2v) is 10.2. The number of hydrogen-bond acceptors (Lipinski definition) is 4. The van der Waals surface area contributed by atoms with Gasteiger partial charge in [-0.05, 0) is 32.1 Å². The zero-order chi connectivity index (χ0) is 14.2. The molecule has 0 aromatic heterocycles. The highest BCUT2D eigenvalue weighted by molar-refractivity contribution is 8.01. The predicted octanol–water partition coefficient (Wildman–Crippen LogP) is 2.10. The third kappa shape index (κ3) is 3.03. The smallest absolute Gasteiger partial charge is 0.213 e. The Morgan fingerprint density at radius 1 is 1.30 bits per heavy atom. The summed E-state index contributed by atoms with van der Waals surface area (Å²) >= 11 is 1.92. The Bertz CT molecular complexity index is 439. The molecule has 0 radical (unpaired) electrons. The van der Waals surface area contributed by atoms with Gasteiger partial charge in [0.2, 0.25) is 10.0 Å².